The van der Waals surface area contributed by atoms with Crippen molar-refractivity contribution in [3.05, 3.63) is 95.3 Å². The van der Waals surface area contributed by atoms with E-state index in [4.69, 9.17) is 14.2 Å². The van der Waals surface area contributed by atoms with Crippen molar-refractivity contribution in [2.75, 3.05) is 34.5 Å². The fourth-order valence-electron chi connectivity index (χ4n) is 4.01. The molecule has 0 spiro atoms. The first kappa shape index (κ1) is 27.7. The average Bonchev–Trinajstić information content (AvgIpc) is 2.92. The molecule has 3 aromatic carbocycles. The number of hydrogen-bond acceptors (Lipinski definition) is 5. The molecule has 2 amide bonds. The molecule has 0 fully saturated rings. The highest BCUT2D eigenvalue weighted by molar-refractivity contribution is 5.89. The largest absolute Gasteiger partial charge is 0.493 e. The number of carbonyl (C=O) groups excluding carboxylic acids is 2. The predicted octanol–water partition coefficient (Wildman–Crippen LogP) is 4.31. The zero-order valence-electron chi connectivity index (χ0n) is 21.4. The van der Waals surface area contributed by atoms with E-state index in [1.807, 2.05) is 30.3 Å². The van der Waals surface area contributed by atoms with Crippen molar-refractivity contribution >= 4 is 11.8 Å². The Hall–Kier alpha value is -3.91. The lowest BCUT2D eigenvalue weighted by Gasteiger charge is -2.32. The summed E-state index contributed by atoms with van der Waals surface area (Å²) in [5.74, 6) is 0.123. The molecule has 7 nitrogen and oxygen atoms in total. The van der Waals surface area contributed by atoms with E-state index in [2.05, 4.69) is 5.32 Å². The summed E-state index contributed by atoms with van der Waals surface area (Å²) in [5, 5.41) is 2.93. The Morgan fingerprint density at radius 3 is 2.22 bits per heavy atom. The SMILES string of the molecule is COCCCNC(=O)[C@H](c1ccccc1)N(Cc1ccc(F)cc1)C(=O)Cc1ccc(OC)c(OC)c1. The van der Waals surface area contributed by atoms with Gasteiger partial charge in [-0.25, -0.2) is 4.39 Å². The van der Waals surface area contributed by atoms with Crippen molar-refractivity contribution in [3.63, 3.8) is 0 Å². The van der Waals surface area contributed by atoms with Crippen LogP contribution in [0.2, 0.25) is 0 Å². The van der Waals surface area contributed by atoms with Gasteiger partial charge in [0.1, 0.15) is 11.9 Å². The van der Waals surface area contributed by atoms with Gasteiger partial charge in [0.25, 0.3) is 0 Å². The number of rotatable bonds is 13. The standard InChI is InChI=1S/C29H33FN2O5/c1-35-17-7-16-31-29(34)28(23-8-5-4-6-9-23)32(20-21-10-13-24(30)14-11-21)27(33)19-22-12-15-25(36-2)26(18-22)37-3/h4-6,8-15,18,28H,7,16-17,19-20H2,1-3H3,(H,31,34)/t28-/m0/s1. The molecule has 3 aromatic rings. The number of benzene rings is 3. The van der Waals surface area contributed by atoms with Gasteiger partial charge in [0.05, 0.1) is 20.6 Å². The van der Waals surface area contributed by atoms with E-state index < -0.39 is 6.04 Å². The molecular weight excluding hydrogens is 475 g/mol. The molecule has 1 N–H and O–H groups in total. The highest BCUT2D eigenvalue weighted by Crippen LogP contribution is 2.29. The van der Waals surface area contributed by atoms with Crippen LogP contribution in [-0.4, -0.2) is 51.2 Å². The third-order valence-electron chi connectivity index (χ3n) is 5.89. The molecule has 0 unspecified atom stereocenters. The Labute approximate surface area is 217 Å². The van der Waals surface area contributed by atoms with E-state index in [1.54, 1.807) is 44.6 Å². The van der Waals surface area contributed by atoms with Gasteiger partial charge < -0.3 is 24.4 Å². The van der Waals surface area contributed by atoms with Crippen LogP contribution in [-0.2, 0) is 27.3 Å². The third kappa shape index (κ3) is 7.79. The topological polar surface area (TPSA) is 77.1 Å². The van der Waals surface area contributed by atoms with Crippen LogP contribution in [0.15, 0.2) is 72.8 Å². The van der Waals surface area contributed by atoms with Crippen molar-refractivity contribution in [1.29, 1.82) is 0 Å². The van der Waals surface area contributed by atoms with E-state index in [1.165, 1.54) is 24.1 Å². The Morgan fingerprint density at radius 1 is 0.892 bits per heavy atom. The second-order valence-corrected chi connectivity index (χ2v) is 8.46. The number of nitrogens with zero attached hydrogens (tertiary/aromatic N) is 1. The Kier molecular flexibility index (Phi) is 10.5. The second-order valence-electron chi connectivity index (χ2n) is 8.46. The molecule has 37 heavy (non-hydrogen) atoms. The smallest absolute Gasteiger partial charge is 0.247 e. The van der Waals surface area contributed by atoms with Crippen LogP contribution in [0.3, 0.4) is 0 Å². The van der Waals surface area contributed by atoms with Crippen molar-refractivity contribution in [2.45, 2.75) is 25.4 Å². The highest BCUT2D eigenvalue weighted by Gasteiger charge is 2.31. The number of hydrogen-bond donors (Lipinski definition) is 1. The van der Waals surface area contributed by atoms with Gasteiger partial charge >= 0.3 is 0 Å². The molecule has 0 saturated heterocycles. The number of nitrogens with one attached hydrogen (secondary N) is 1. The van der Waals surface area contributed by atoms with E-state index in [9.17, 15) is 14.0 Å². The maximum absolute atomic E-state index is 13.8. The van der Waals surface area contributed by atoms with Crippen molar-refractivity contribution in [2.24, 2.45) is 0 Å². The van der Waals surface area contributed by atoms with Crippen LogP contribution in [0.4, 0.5) is 4.39 Å². The zero-order valence-corrected chi connectivity index (χ0v) is 21.4. The fraction of sp³-hybridized carbons (Fsp3) is 0.310. The van der Waals surface area contributed by atoms with E-state index in [-0.39, 0.29) is 30.6 Å². The van der Waals surface area contributed by atoms with Crippen molar-refractivity contribution in [1.82, 2.24) is 10.2 Å². The maximum atomic E-state index is 13.8. The first-order chi connectivity index (χ1) is 18.0. The molecular formula is C29H33FN2O5. The molecule has 1 atom stereocenters. The lowest BCUT2D eigenvalue weighted by Crippen LogP contribution is -2.44. The monoisotopic (exact) mass is 508 g/mol. The van der Waals surface area contributed by atoms with Crippen LogP contribution in [0.1, 0.15) is 29.2 Å². The summed E-state index contributed by atoms with van der Waals surface area (Å²) in [6.07, 6.45) is 0.670. The molecule has 0 aromatic heterocycles. The minimum Gasteiger partial charge on any atom is -0.493 e. The number of ether oxygens (including phenoxy) is 3. The molecule has 8 heteroatoms. The summed E-state index contributed by atoms with van der Waals surface area (Å²) in [7, 11) is 4.68. The summed E-state index contributed by atoms with van der Waals surface area (Å²) >= 11 is 0. The summed E-state index contributed by atoms with van der Waals surface area (Å²) < 4.78 is 29.3. The first-order valence-corrected chi connectivity index (χ1v) is 12.0. The van der Waals surface area contributed by atoms with Gasteiger partial charge in [-0.05, 0) is 47.4 Å². The van der Waals surface area contributed by atoms with Gasteiger partial charge in [-0.1, -0.05) is 48.5 Å². The van der Waals surface area contributed by atoms with Gasteiger partial charge in [0.15, 0.2) is 11.5 Å². The molecule has 0 aliphatic rings. The van der Waals surface area contributed by atoms with E-state index in [0.29, 0.717) is 47.8 Å². The lowest BCUT2D eigenvalue weighted by molar-refractivity contribution is -0.141. The molecule has 0 saturated carbocycles. The number of carbonyl (C=O) groups is 2. The molecule has 0 aliphatic heterocycles. The molecule has 3 rings (SSSR count). The third-order valence-corrected chi connectivity index (χ3v) is 5.89. The predicted molar refractivity (Wildman–Crippen MR) is 139 cm³/mol. The van der Waals surface area contributed by atoms with Crippen LogP contribution in [0.25, 0.3) is 0 Å². The van der Waals surface area contributed by atoms with Crippen LogP contribution < -0.4 is 14.8 Å². The normalized spacial score (nSPS) is 11.5. The van der Waals surface area contributed by atoms with Crippen LogP contribution in [0.5, 0.6) is 11.5 Å². The van der Waals surface area contributed by atoms with Crippen molar-refractivity contribution in [3.8, 4) is 11.5 Å². The van der Waals surface area contributed by atoms with Gasteiger partial charge in [-0.2, -0.15) is 0 Å². The van der Waals surface area contributed by atoms with Gasteiger partial charge in [0, 0.05) is 26.8 Å². The van der Waals surface area contributed by atoms with Crippen LogP contribution in [0, 0.1) is 5.82 Å². The van der Waals surface area contributed by atoms with Crippen LogP contribution >= 0.6 is 0 Å². The van der Waals surface area contributed by atoms with E-state index >= 15 is 0 Å². The number of halogens is 1. The van der Waals surface area contributed by atoms with Crippen molar-refractivity contribution < 1.29 is 28.2 Å². The summed E-state index contributed by atoms with van der Waals surface area (Å²) in [4.78, 5) is 28.8. The minimum atomic E-state index is -0.888. The number of methoxy groups -OCH3 is 3. The first-order valence-electron chi connectivity index (χ1n) is 12.0. The summed E-state index contributed by atoms with van der Waals surface area (Å²) in [5.41, 5.74) is 2.09. The highest BCUT2D eigenvalue weighted by atomic mass is 19.1. The van der Waals surface area contributed by atoms with Gasteiger partial charge in [-0.3, -0.25) is 9.59 Å². The Morgan fingerprint density at radius 2 is 1.57 bits per heavy atom. The quantitative estimate of drug-likeness (QED) is 0.348. The van der Waals surface area contributed by atoms with Gasteiger partial charge in [0.2, 0.25) is 11.8 Å². The molecule has 0 aliphatic carbocycles. The van der Waals surface area contributed by atoms with Gasteiger partial charge in [-0.15, -0.1) is 0 Å². The molecule has 196 valence electrons. The fourth-order valence-corrected chi connectivity index (χ4v) is 4.01. The Balaban J connectivity index is 1.96. The molecule has 0 bridgehead atoms. The zero-order chi connectivity index (χ0) is 26.6. The Bertz CT molecular complexity index is 1150. The summed E-state index contributed by atoms with van der Waals surface area (Å²) in [6.45, 7) is 1.04. The lowest BCUT2D eigenvalue weighted by atomic mass is 10.0. The maximum Gasteiger partial charge on any atom is 0.247 e. The minimum absolute atomic E-state index is 0.0296. The number of amides is 2. The average molecular weight is 509 g/mol. The second kappa shape index (κ2) is 14.0. The molecule has 0 heterocycles. The summed E-state index contributed by atoms with van der Waals surface area (Å²) in [6, 6.07) is 19.5. The molecule has 0 radical (unpaired) electrons. The van der Waals surface area contributed by atoms with E-state index in [0.717, 1.165) is 0 Å².